The highest BCUT2D eigenvalue weighted by Crippen LogP contribution is 2.03. The van der Waals surface area contributed by atoms with E-state index in [9.17, 15) is 9.59 Å². The molecule has 1 heterocycles. The minimum absolute atomic E-state index is 0.00724. The molecular formula is C13H25N3O2. The number of hydrogen-bond acceptors (Lipinski definition) is 3. The average Bonchev–Trinajstić information content (AvgIpc) is 2.42. The maximum Gasteiger partial charge on any atom is 0.245 e. The largest absolute Gasteiger partial charge is 0.344 e. The topological polar surface area (TPSA) is 61.4 Å². The van der Waals surface area contributed by atoms with Crippen LogP contribution in [0.15, 0.2) is 0 Å². The van der Waals surface area contributed by atoms with Crippen LogP contribution in [-0.2, 0) is 9.59 Å². The van der Waals surface area contributed by atoms with Crippen LogP contribution in [-0.4, -0.2) is 48.9 Å². The van der Waals surface area contributed by atoms with Crippen molar-refractivity contribution in [3.63, 3.8) is 0 Å². The van der Waals surface area contributed by atoms with Gasteiger partial charge in [0.1, 0.15) is 6.04 Å². The molecule has 1 saturated heterocycles. The van der Waals surface area contributed by atoms with Crippen molar-refractivity contribution >= 4 is 11.8 Å². The molecule has 5 nitrogen and oxygen atoms in total. The van der Waals surface area contributed by atoms with Crippen molar-refractivity contribution in [3.8, 4) is 0 Å². The molecule has 2 amide bonds. The molecule has 0 bridgehead atoms. The molecule has 1 rings (SSSR count). The van der Waals surface area contributed by atoms with E-state index in [1.54, 1.807) is 0 Å². The molecule has 0 spiro atoms. The molecule has 104 valence electrons. The van der Waals surface area contributed by atoms with Gasteiger partial charge in [-0.25, -0.2) is 0 Å². The number of rotatable bonds is 6. The molecule has 18 heavy (non-hydrogen) atoms. The van der Waals surface area contributed by atoms with Crippen LogP contribution < -0.4 is 10.6 Å². The Labute approximate surface area is 109 Å². The molecule has 1 fully saturated rings. The lowest BCUT2D eigenvalue weighted by atomic mass is 10.1. The van der Waals surface area contributed by atoms with Crippen LogP contribution in [0.5, 0.6) is 0 Å². The molecule has 0 aromatic rings. The molecule has 0 radical (unpaired) electrons. The Hall–Kier alpha value is -1.10. The highest BCUT2D eigenvalue weighted by atomic mass is 16.2. The molecule has 0 aromatic carbocycles. The van der Waals surface area contributed by atoms with Gasteiger partial charge in [-0.15, -0.1) is 0 Å². The minimum Gasteiger partial charge on any atom is -0.344 e. The quantitative estimate of drug-likeness (QED) is 0.726. The first-order chi connectivity index (χ1) is 8.69. The van der Waals surface area contributed by atoms with Crippen molar-refractivity contribution < 1.29 is 9.59 Å². The number of hydrogen-bond donors (Lipinski definition) is 2. The highest BCUT2D eigenvalue weighted by molar-refractivity contribution is 5.87. The van der Waals surface area contributed by atoms with Gasteiger partial charge in [0.15, 0.2) is 0 Å². The van der Waals surface area contributed by atoms with E-state index < -0.39 is 0 Å². The maximum absolute atomic E-state index is 12.2. The summed E-state index contributed by atoms with van der Waals surface area (Å²) in [6.07, 6.45) is 3.04. The van der Waals surface area contributed by atoms with Gasteiger partial charge in [0.2, 0.25) is 11.8 Å². The maximum atomic E-state index is 12.2. The fourth-order valence-electron chi connectivity index (χ4n) is 2.05. The molecule has 1 atom stereocenters. The standard InChI is InChI=1S/C13H25N3O2/c1-3-5-6-12(17)15-11(4-2)13(18)16-9-7-14-8-10-16/h11,14H,3-10H2,1-2H3,(H,15,17). The Morgan fingerprint density at radius 3 is 2.50 bits per heavy atom. The molecule has 5 heteroatoms. The molecule has 0 aromatic heterocycles. The Morgan fingerprint density at radius 1 is 1.28 bits per heavy atom. The second-order valence-electron chi connectivity index (χ2n) is 4.71. The second kappa shape index (κ2) is 8.08. The molecule has 1 aliphatic heterocycles. The SMILES string of the molecule is CCCCC(=O)NC(CC)C(=O)N1CCNCC1. The number of carbonyl (C=O) groups excluding carboxylic acids is 2. The van der Waals surface area contributed by atoms with Crippen molar-refractivity contribution in [2.75, 3.05) is 26.2 Å². The van der Waals surface area contributed by atoms with E-state index >= 15 is 0 Å². The monoisotopic (exact) mass is 255 g/mol. The predicted octanol–water partition coefficient (Wildman–Crippen LogP) is 0.503. The van der Waals surface area contributed by atoms with E-state index in [-0.39, 0.29) is 17.9 Å². The Kier molecular flexibility index (Phi) is 6.72. The van der Waals surface area contributed by atoms with E-state index in [1.807, 2.05) is 11.8 Å². The number of unbranched alkanes of at least 4 members (excludes halogenated alkanes) is 1. The third kappa shape index (κ3) is 4.64. The van der Waals surface area contributed by atoms with Crippen LogP contribution in [0.2, 0.25) is 0 Å². The number of amides is 2. The Morgan fingerprint density at radius 2 is 1.94 bits per heavy atom. The van der Waals surface area contributed by atoms with Crippen molar-refractivity contribution in [1.82, 2.24) is 15.5 Å². The lowest BCUT2D eigenvalue weighted by Gasteiger charge is -2.30. The van der Waals surface area contributed by atoms with Crippen LogP contribution in [0.3, 0.4) is 0 Å². The number of nitrogens with one attached hydrogen (secondary N) is 2. The fourth-order valence-corrected chi connectivity index (χ4v) is 2.05. The van der Waals surface area contributed by atoms with Gasteiger partial charge in [0.25, 0.3) is 0 Å². The molecule has 1 aliphatic rings. The van der Waals surface area contributed by atoms with Crippen molar-refractivity contribution in [2.45, 2.75) is 45.6 Å². The van der Waals surface area contributed by atoms with Crippen molar-refractivity contribution in [2.24, 2.45) is 0 Å². The highest BCUT2D eigenvalue weighted by Gasteiger charge is 2.25. The van der Waals surface area contributed by atoms with Gasteiger partial charge in [-0.1, -0.05) is 20.3 Å². The van der Waals surface area contributed by atoms with Gasteiger partial charge in [-0.3, -0.25) is 9.59 Å². The van der Waals surface area contributed by atoms with Crippen LogP contribution in [0.4, 0.5) is 0 Å². The summed E-state index contributed by atoms with van der Waals surface area (Å²) in [5.74, 6) is 0.0519. The van der Waals surface area contributed by atoms with Crippen molar-refractivity contribution in [1.29, 1.82) is 0 Å². The third-order valence-electron chi connectivity index (χ3n) is 3.23. The summed E-state index contributed by atoms with van der Waals surface area (Å²) in [7, 11) is 0. The number of nitrogens with zero attached hydrogens (tertiary/aromatic N) is 1. The van der Waals surface area contributed by atoms with Gasteiger partial charge in [0, 0.05) is 32.6 Å². The first kappa shape index (κ1) is 15.0. The lowest BCUT2D eigenvalue weighted by Crippen LogP contribution is -2.53. The van der Waals surface area contributed by atoms with Crippen LogP contribution in [0.1, 0.15) is 39.5 Å². The summed E-state index contributed by atoms with van der Waals surface area (Å²) >= 11 is 0. The lowest BCUT2D eigenvalue weighted by molar-refractivity contribution is -0.137. The smallest absolute Gasteiger partial charge is 0.245 e. The minimum atomic E-state index is -0.354. The van der Waals surface area contributed by atoms with E-state index in [0.29, 0.717) is 12.8 Å². The van der Waals surface area contributed by atoms with Gasteiger partial charge in [0.05, 0.1) is 0 Å². The van der Waals surface area contributed by atoms with Gasteiger partial charge in [-0.05, 0) is 12.8 Å². The zero-order valence-corrected chi connectivity index (χ0v) is 11.5. The Balaban J connectivity index is 2.43. The summed E-state index contributed by atoms with van der Waals surface area (Å²) in [5, 5.41) is 6.06. The molecule has 0 saturated carbocycles. The van der Waals surface area contributed by atoms with Gasteiger partial charge in [-0.2, -0.15) is 0 Å². The Bertz CT molecular complexity index is 275. The van der Waals surface area contributed by atoms with Crippen molar-refractivity contribution in [3.05, 3.63) is 0 Å². The number of carbonyl (C=O) groups is 2. The van der Waals surface area contributed by atoms with E-state index in [4.69, 9.17) is 0 Å². The molecule has 0 aliphatic carbocycles. The molecule has 1 unspecified atom stereocenters. The summed E-state index contributed by atoms with van der Waals surface area (Å²) in [4.78, 5) is 25.7. The van der Waals surface area contributed by atoms with Crippen LogP contribution in [0, 0.1) is 0 Å². The van der Waals surface area contributed by atoms with E-state index in [1.165, 1.54) is 0 Å². The third-order valence-corrected chi connectivity index (χ3v) is 3.23. The average molecular weight is 255 g/mol. The van der Waals surface area contributed by atoms with E-state index in [2.05, 4.69) is 17.6 Å². The first-order valence-corrected chi connectivity index (χ1v) is 6.97. The summed E-state index contributed by atoms with van der Waals surface area (Å²) in [6, 6.07) is -0.354. The summed E-state index contributed by atoms with van der Waals surface area (Å²) < 4.78 is 0. The summed E-state index contributed by atoms with van der Waals surface area (Å²) in [5.41, 5.74) is 0. The second-order valence-corrected chi connectivity index (χ2v) is 4.71. The van der Waals surface area contributed by atoms with Gasteiger partial charge < -0.3 is 15.5 Å². The normalized spacial score (nSPS) is 17.3. The predicted molar refractivity (Wildman–Crippen MR) is 71.2 cm³/mol. The zero-order valence-electron chi connectivity index (χ0n) is 11.5. The number of piperazine rings is 1. The van der Waals surface area contributed by atoms with Crippen LogP contribution in [0.25, 0.3) is 0 Å². The molecular weight excluding hydrogens is 230 g/mol. The summed E-state index contributed by atoms with van der Waals surface area (Å²) in [6.45, 7) is 7.14. The zero-order chi connectivity index (χ0) is 13.4. The molecule has 2 N–H and O–H groups in total. The van der Waals surface area contributed by atoms with Crippen LogP contribution >= 0.6 is 0 Å². The van der Waals surface area contributed by atoms with Gasteiger partial charge >= 0.3 is 0 Å². The van der Waals surface area contributed by atoms with E-state index in [0.717, 1.165) is 39.0 Å². The fraction of sp³-hybridized carbons (Fsp3) is 0.846. The first-order valence-electron chi connectivity index (χ1n) is 6.97.